The number of rotatable bonds is 9. The summed E-state index contributed by atoms with van der Waals surface area (Å²) in [5.74, 6) is -4.86. The van der Waals surface area contributed by atoms with E-state index in [-0.39, 0.29) is 19.7 Å². The average molecular weight is 271 g/mol. The Morgan fingerprint density at radius 1 is 1.00 bits per heavy atom. The first kappa shape index (κ1) is 17.0. The second kappa shape index (κ2) is 8.97. The second-order valence-corrected chi connectivity index (χ2v) is 3.18. The molecule has 0 unspecified atom stereocenters. The van der Waals surface area contributed by atoms with E-state index in [0.29, 0.717) is 14.6 Å². The first-order chi connectivity index (χ1) is 8.86. The Bertz CT molecular complexity index is 361. The fraction of sp³-hybridized carbons (Fsp3) is 0.500. The van der Waals surface area contributed by atoms with Gasteiger partial charge >= 0.3 is 14.6 Å². The molecule has 0 rings (SSSR count). The molecule has 0 saturated heterocycles. The van der Waals surface area contributed by atoms with Gasteiger partial charge in [-0.2, -0.15) is 0 Å². The topological polar surface area (TPSA) is 141 Å². The van der Waals surface area contributed by atoms with Gasteiger partial charge in [0, 0.05) is 6.54 Å². The zero-order valence-corrected chi connectivity index (χ0v) is 9.81. The summed E-state index contributed by atoms with van der Waals surface area (Å²) in [4.78, 5) is 43.5. The van der Waals surface area contributed by atoms with E-state index >= 15 is 0 Å². The maximum atomic E-state index is 11.3. The lowest BCUT2D eigenvalue weighted by Crippen LogP contribution is -2.40. The fourth-order valence-corrected chi connectivity index (χ4v) is 1.05. The smallest absolute Gasteiger partial charge is 0.405 e. The summed E-state index contributed by atoms with van der Waals surface area (Å²) in [6, 6.07) is 0. The molecule has 9 nitrogen and oxygen atoms in total. The van der Waals surface area contributed by atoms with Crippen LogP contribution in [0.5, 0.6) is 0 Å². The van der Waals surface area contributed by atoms with Crippen LogP contribution < -0.4 is 0 Å². The Kier molecular flexibility index (Phi) is 8.02. The average Bonchev–Trinajstić information content (AvgIpc) is 2.25. The Hall–Kier alpha value is -2.03. The van der Waals surface area contributed by atoms with Gasteiger partial charge in [0.25, 0.3) is 17.6 Å². The predicted octanol–water partition coefficient (Wildman–Crippen LogP) is -0.698. The SMILES string of the molecule is O=C(O)[B]C(=O)OCCN(CCO)C(=O)[B]C(=O)O. The monoisotopic (exact) mass is 271 g/mol. The van der Waals surface area contributed by atoms with Gasteiger partial charge in [0.05, 0.1) is 13.2 Å². The first-order valence-corrected chi connectivity index (χ1v) is 5.08. The van der Waals surface area contributed by atoms with Gasteiger partial charge in [-0.1, -0.05) is 0 Å². The molecule has 102 valence electrons. The van der Waals surface area contributed by atoms with Crippen LogP contribution in [0.1, 0.15) is 0 Å². The fourth-order valence-electron chi connectivity index (χ4n) is 1.05. The summed E-state index contributed by atoms with van der Waals surface area (Å²) in [5.41, 5.74) is 0. The molecule has 0 aromatic carbocycles. The van der Waals surface area contributed by atoms with Gasteiger partial charge in [-0.15, -0.1) is 0 Å². The highest BCUT2D eigenvalue weighted by Gasteiger charge is 2.19. The zero-order valence-electron chi connectivity index (χ0n) is 9.81. The molecule has 2 radical (unpaired) electrons. The van der Waals surface area contributed by atoms with Crippen molar-refractivity contribution in [2.75, 3.05) is 26.3 Å². The van der Waals surface area contributed by atoms with Crippen LogP contribution in [-0.4, -0.2) is 84.5 Å². The molecule has 0 saturated carbocycles. The van der Waals surface area contributed by atoms with E-state index in [9.17, 15) is 19.2 Å². The third-order valence-electron chi connectivity index (χ3n) is 1.78. The summed E-state index contributed by atoms with van der Waals surface area (Å²) >= 11 is 0. The van der Waals surface area contributed by atoms with Crippen molar-refractivity contribution in [3.05, 3.63) is 0 Å². The number of hydrogen-bond acceptors (Lipinski definition) is 6. The molecule has 0 spiro atoms. The maximum absolute atomic E-state index is 11.3. The third-order valence-corrected chi connectivity index (χ3v) is 1.78. The molecule has 0 aliphatic heterocycles. The predicted molar refractivity (Wildman–Crippen MR) is 63.0 cm³/mol. The second-order valence-electron chi connectivity index (χ2n) is 3.18. The van der Waals surface area contributed by atoms with Crippen LogP contribution in [0.2, 0.25) is 0 Å². The molecule has 0 aromatic rings. The van der Waals surface area contributed by atoms with Gasteiger partial charge in [-0.25, -0.2) is 0 Å². The zero-order chi connectivity index (χ0) is 14.8. The van der Waals surface area contributed by atoms with Crippen LogP contribution >= 0.6 is 0 Å². The van der Waals surface area contributed by atoms with Crippen molar-refractivity contribution in [3.8, 4) is 0 Å². The van der Waals surface area contributed by atoms with E-state index in [2.05, 4.69) is 4.74 Å². The highest BCUT2D eigenvalue weighted by molar-refractivity contribution is 6.95. The number of hydrogen-bond donors (Lipinski definition) is 3. The van der Waals surface area contributed by atoms with Gasteiger partial charge in [0.1, 0.15) is 6.61 Å². The molecular weight excluding hydrogens is 260 g/mol. The Morgan fingerprint density at radius 2 is 1.58 bits per heavy atom. The quantitative estimate of drug-likeness (QED) is 0.467. The number of nitrogens with zero attached hydrogens (tertiary/aromatic N) is 1. The molecule has 0 aliphatic rings. The highest BCUT2D eigenvalue weighted by Crippen LogP contribution is 1.93. The van der Waals surface area contributed by atoms with Crippen molar-refractivity contribution in [1.29, 1.82) is 0 Å². The number of carbonyl (C=O) groups is 4. The highest BCUT2D eigenvalue weighted by atomic mass is 16.5. The van der Waals surface area contributed by atoms with E-state index in [1.165, 1.54) is 0 Å². The van der Waals surface area contributed by atoms with Crippen LogP contribution in [0.25, 0.3) is 0 Å². The van der Waals surface area contributed by atoms with Crippen molar-refractivity contribution in [2.45, 2.75) is 0 Å². The lowest BCUT2D eigenvalue weighted by molar-refractivity contribution is 0.146. The Labute approximate surface area is 109 Å². The van der Waals surface area contributed by atoms with Gasteiger partial charge in [0.2, 0.25) is 0 Å². The van der Waals surface area contributed by atoms with Crippen molar-refractivity contribution in [1.82, 2.24) is 4.90 Å². The molecular formula is C8H11B2NO8. The van der Waals surface area contributed by atoms with Crippen LogP contribution in [0.15, 0.2) is 0 Å². The molecule has 19 heavy (non-hydrogen) atoms. The Morgan fingerprint density at radius 3 is 2.05 bits per heavy atom. The number of amides is 1. The molecule has 0 heterocycles. The standard InChI is InChI=1S/C8H11B2NO8/c12-3-1-11(5(13)9-6(14)15)2-4-19-8(18)10-7(16)17/h12H,1-4H2,(H,14,15)(H,16,17). The van der Waals surface area contributed by atoms with E-state index in [1.54, 1.807) is 0 Å². The summed E-state index contributed by atoms with van der Waals surface area (Å²) < 4.78 is 4.47. The molecule has 0 bridgehead atoms. The van der Waals surface area contributed by atoms with Crippen LogP contribution in [0, 0.1) is 0 Å². The number of aliphatic hydroxyl groups is 1. The van der Waals surface area contributed by atoms with Crippen LogP contribution in [0.3, 0.4) is 0 Å². The van der Waals surface area contributed by atoms with Gasteiger partial charge in [0.15, 0.2) is 5.81 Å². The number of ether oxygens (including phenoxy) is 1. The van der Waals surface area contributed by atoms with Crippen LogP contribution in [0.4, 0.5) is 19.2 Å². The third kappa shape index (κ3) is 8.66. The van der Waals surface area contributed by atoms with Gasteiger partial charge < -0.3 is 25.0 Å². The molecule has 0 fully saturated rings. The molecule has 0 atom stereocenters. The minimum Gasteiger partial charge on any atom is -0.489 e. The van der Waals surface area contributed by atoms with Gasteiger partial charge in [-0.3, -0.25) is 19.2 Å². The Balaban J connectivity index is 4.14. The molecule has 0 aromatic heterocycles. The minimum atomic E-state index is -1.47. The van der Waals surface area contributed by atoms with Crippen molar-refractivity contribution in [3.63, 3.8) is 0 Å². The van der Waals surface area contributed by atoms with Crippen molar-refractivity contribution in [2.24, 2.45) is 0 Å². The molecule has 0 aliphatic carbocycles. The summed E-state index contributed by atoms with van der Waals surface area (Å²) in [6.07, 6.45) is 0. The number of carbonyl (C=O) groups excluding carboxylic acids is 2. The summed E-state index contributed by atoms with van der Waals surface area (Å²) in [5, 5.41) is 25.3. The molecule has 3 N–H and O–H groups in total. The summed E-state index contributed by atoms with van der Waals surface area (Å²) in [7, 11) is 0.711. The van der Waals surface area contributed by atoms with E-state index in [1.807, 2.05) is 0 Å². The normalized spacial score (nSPS) is 9.32. The van der Waals surface area contributed by atoms with E-state index in [0.717, 1.165) is 4.90 Å². The summed E-state index contributed by atoms with van der Waals surface area (Å²) in [6.45, 7) is -1.01. The lowest BCUT2D eigenvalue weighted by atomic mass is 9.77. The number of aliphatic hydroxyl groups excluding tert-OH is 1. The van der Waals surface area contributed by atoms with E-state index in [4.69, 9.17) is 15.3 Å². The number of carboxylic acid groups (broad SMARTS) is 2. The molecule has 1 amide bonds. The van der Waals surface area contributed by atoms with E-state index < -0.39 is 30.0 Å². The first-order valence-electron chi connectivity index (χ1n) is 5.08. The largest absolute Gasteiger partial charge is 0.489 e. The van der Waals surface area contributed by atoms with Crippen LogP contribution in [-0.2, 0) is 4.74 Å². The van der Waals surface area contributed by atoms with Crippen molar-refractivity contribution >= 4 is 38.0 Å². The minimum absolute atomic E-state index is 0.136. The van der Waals surface area contributed by atoms with Crippen molar-refractivity contribution < 1.29 is 39.2 Å². The maximum Gasteiger partial charge on any atom is 0.405 e. The van der Waals surface area contributed by atoms with Gasteiger partial charge in [-0.05, 0) is 0 Å². The molecule has 11 heteroatoms. The lowest BCUT2D eigenvalue weighted by Gasteiger charge is -2.20.